The topological polar surface area (TPSA) is 53.4 Å². The van der Waals surface area contributed by atoms with E-state index >= 15 is 0 Å². The van der Waals surface area contributed by atoms with Crippen LogP contribution in [-0.2, 0) is 11.3 Å². The van der Waals surface area contributed by atoms with E-state index in [1.165, 1.54) is 0 Å². The Bertz CT molecular complexity index is 630. The summed E-state index contributed by atoms with van der Waals surface area (Å²) in [7, 11) is 1.69. The minimum absolute atomic E-state index is 0.0130. The van der Waals surface area contributed by atoms with Crippen molar-refractivity contribution in [2.24, 2.45) is 0 Å². The van der Waals surface area contributed by atoms with Crippen molar-refractivity contribution in [2.75, 3.05) is 7.05 Å². The third kappa shape index (κ3) is 4.70. The first-order valence-corrected chi connectivity index (χ1v) is 7.49. The Morgan fingerprint density at radius 2 is 1.91 bits per heavy atom. The molecule has 0 aliphatic carbocycles. The van der Waals surface area contributed by atoms with Crippen LogP contribution in [0.4, 0.5) is 0 Å². The number of nitrogens with zero attached hydrogens (tertiary/aromatic N) is 2. The van der Waals surface area contributed by atoms with E-state index in [9.17, 15) is 9.90 Å². The zero-order valence-electron chi connectivity index (χ0n) is 12.0. The Hall–Kier alpha value is -1.62. The molecular formula is C16H16Cl2N2O2. The molecule has 116 valence electrons. The summed E-state index contributed by atoms with van der Waals surface area (Å²) in [6.45, 7) is 0.413. The molecule has 0 saturated carbocycles. The standard InChI is InChI=1S/C16H16Cl2N2O2/c1-20(10-11-2-7-15(18)19-9-11)16(22)8-14(21)12-3-5-13(17)6-4-12/h2-7,9,14,21H,8,10H2,1H3. The van der Waals surface area contributed by atoms with Crippen LogP contribution in [0.3, 0.4) is 0 Å². The molecule has 1 heterocycles. The number of carbonyl (C=O) groups excluding carboxylic acids is 1. The first-order chi connectivity index (χ1) is 10.5. The molecule has 1 aromatic heterocycles. The molecule has 0 saturated heterocycles. The van der Waals surface area contributed by atoms with Crippen molar-refractivity contribution >= 4 is 29.1 Å². The van der Waals surface area contributed by atoms with Gasteiger partial charge in [0.15, 0.2) is 0 Å². The number of hydrogen-bond acceptors (Lipinski definition) is 3. The zero-order valence-corrected chi connectivity index (χ0v) is 13.6. The number of rotatable bonds is 5. The predicted octanol–water partition coefficient (Wildman–Crippen LogP) is 3.47. The second kappa shape index (κ2) is 7.58. The molecule has 0 aliphatic heterocycles. The number of amides is 1. The highest BCUT2D eigenvalue weighted by Crippen LogP contribution is 2.20. The first kappa shape index (κ1) is 16.7. The maximum absolute atomic E-state index is 12.2. The van der Waals surface area contributed by atoms with E-state index < -0.39 is 6.10 Å². The molecule has 0 radical (unpaired) electrons. The maximum atomic E-state index is 12.2. The van der Waals surface area contributed by atoms with Gasteiger partial charge in [0.1, 0.15) is 5.15 Å². The molecular weight excluding hydrogens is 323 g/mol. The van der Waals surface area contributed by atoms with Gasteiger partial charge in [-0.25, -0.2) is 4.98 Å². The molecule has 1 unspecified atom stereocenters. The molecule has 1 aromatic carbocycles. The minimum Gasteiger partial charge on any atom is -0.388 e. The number of aliphatic hydroxyl groups excluding tert-OH is 1. The Morgan fingerprint density at radius 3 is 2.50 bits per heavy atom. The summed E-state index contributed by atoms with van der Waals surface area (Å²) in [5, 5.41) is 11.1. The van der Waals surface area contributed by atoms with Gasteiger partial charge in [0.25, 0.3) is 0 Å². The lowest BCUT2D eigenvalue weighted by atomic mass is 10.1. The third-order valence-electron chi connectivity index (χ3n) is 3.26. The summed E-state index contributed by atoms with van der Waals surface area (Å²) in [5.41, 5.74) is 1.54. The number of aromatic nitrogens is 1. The minimum atomic E-state index is -0.851. The number of aliphatic hydroxyl groups is 1. The molecule has 0 fully saturated rings. The highest BCUT2D eigenvalue weighted by molar-refractivity contribution is 6.30. The van der Waals surface area contributed by atoms with Crippen molar-refractivity contribution in [3.05, 3.63) is 63.9 Å². The van der Waals surface area contributed by atoms with Gasteiger partial charge in [0, 0.05) is 24.8 Å². The monoisotopic (exact) mass is 338 g/mol. The van der Waals surface area contributed by atoms with Crippen LogP contribution in [0.5, 0.6) is 0 Å². The van der Waals surface area contributed by atoms with E-state index in [4.69, 9.17) is 23.2 Å². The number of halogens is 2. The lowest BCUT2D eigenvalue weighted by molar-refractivity contribution is -0.132. The van der Waals surface area contributed by atoms with Crippen LogP contribution >= 0.6 is 23.2 Å². The van der Waals surface area contributed by atoms with Crippen LogP contribution in [0.15, 0.2) is 42.6 Å². The van der Waals surface area contributed by atoms with E-state index in [1.807, 2.05) is 6.07 Å². The van der Waals surface area contributed by atoms with Crippen LogP contribution in [0.2, 0.25) is 10.2 Å². The smallest absolute Gasteiger partial charge is 0.225 e. The fraction of sp³-hybridized carbons (Fsp3) is 0.250. The molecule has 2 aromatic rings. The third-order valence-corrected chi connectivity index (χ3v) is 3.73. The molecule has 22 heavy (non-hydrogen) atoms. The van der Waals surface area contributed by atoms with Crippen LogP contribution in [-0.4, -0.2) is 27.9 Å². The van der Waals surface area contributed by atoms with E-state index in [0.717, 1.165) is 5.56 Å². The molecule has 1 N–H and O–H groups in total. The highest BCUT2D eigenvalue weighted by Gasteiger charge is 2.16. The largest absolute Gasteiger partial charge is 0.388 e. The Kier molecular flexibility index (Phi) is 5.77. The summed E-state index contributed by atoms with van der Waals surface area (Å²) >= 11 is 11.5. The molecule has 0 bridgehead atoms. The van der Waals surface area contributed by atoms with Gasteiger partial charge in [-0.15, -0.1) is 0 Å². The first-order valence-electron chi connectivity index (χ1n) is 6.73. The zero-order chi connectivity index (χ0) is 16.1. The normalized spacial score (nSPS) is 12.0. The summed E-state index contributed by atoms with van der Waals surface area (Å²) in [5.74, 6) is -0.155. The summed E-state index contributed by atoms with van der Waals surface area (Å²) < 4.78 is 0. The lowest BCUT2D eigenvalue weighted by Crippen LogP contribution is -2.27. The van der Waals surface area contributed by atoms with E-state index in [-0.39, 0.29) is 12.3 Å². The number of pyridine rings is 1. The number of hydrogen-bond donors (Lipinski definition) is 1. The SMILES string of the molecule is CN(Cc1ccc(Cl)nc1)C(=O)CC(O)c1ccc(Cl)cc1. The maximum Gasteiger partial charge on any atom is 0.225 e. The van der Waals surface area contributed by atoms with E-state index in [0.29, 0.717) is 22.3 Å². The van der Waals surface area contributed by atoms with E-state index in [2.05, 4.69) is 4.98 Å². The van der Waals surface area contributed by atoms with Crippen molar-refractivity contribution in [1.82, 2.24) is 9.88 Å². The molecule has 1 atom stereocenters. The average Bonchev–Trinajstić information content (AvgIpc) is 2.50. The van der Waals surface area contributed by atoms with Gasteiger partial charge in [-0.1, -0.05) is 41.4 Å². The van der Waals surface area contributed by atoms with Gasteiger partial charge < -0.3 is 10.0 Å². The quantitative estimate of drug-likeness (QED) is 0.849. The van der Waals surface area contributed by atoms with Gasteiger partial charge in [0.2, 0.25) is 5.91 Å². The average molecular weight is 339 g/mol. The van der Waals surface area contributed by atoms with E-state index in [1.54, 1.807) is 48.5 Å². The van der Waals surface area contributed by atoms with Gasteiger partial charge in [-0.05, 0) is 29.3 Å². The summed E-state index contributed by atoms with van der Waals surface area (Å²) in [6, 6.07) is 10.3. The van der Waals surface area contributed by atoms with Crippen molar-refractivity contribution in [1.29, 1.82) is 0 Å². The molecule has 0 spiro atoms. The van der Waals surface area contributed by atoms with Gasteiger partial charge in [-0.3, -0.25) is 4.79 Å². The van der Waals surface area contributed by atoms with Crippen LogP contribution in [0, 0.1) is 0 Å². The van der Waals surface area contributed by atoms with Gasteiger partial charge >= 0.3 is 0 Å². The number of benzene rings is 1. The Balaban J connectivity index is 1.93. The summed E-state index contributed by atoms with van der Waals surface area (Å²) in [4.78, 5) is 17.7. The molecule has 1 amide bonds. The van der Waals surface area contributed by atoms with Crippen LogP contribution in [0.25, 0.3) is 0 Å². The van der Waals surface area contributed by atoms with Crippen molar-refractivity contribution < 1.29 is 9.90 Å². The fourth-order valence-electron chi connectivity index (χ4n) is 1.99. The second-order valence-corrected chi connectivity index (χ2v) is 5.83. The van der Waals surface area contributed by atoms with Crippen molar-refractivity contribution in [2.45, 2.75) is 19.1 Å². The highest BCUT2D eigenvalue weighted by atomic mass is 35.5. The van der Waals surface area contributed by atoms with Crippen molar-refractivity contribution in [3.63, 3.8) is 0 Å². The Morgan fingerprint density at radius 1 is 1.23 bits per heavy atom. The number of carbonyl (C=O) groups is 1. The van der Waals surface area contributed by atoms with Crippen LogP contribution < -0.4 is 0 Å². The fourth-order valence-corrected chi connectivity index (χ4v) is 2.22. The molecule has 0 aliphatic rings. The molecule has 6 heteroatoms. The van der Waals surface area contributed by atoms with Crippen LogP contribution in [0.1, 0.15) is 23.7 Å². The van der Waals surface area contributed by atoms with Gasteiger partial charge in [0.05, 0.1) is 12.5 Å². The second-order valence-electron chi connectivity index (χ2n) is 5.01. The van der Waals surface area contributed by atoms with Gasteiger partial charge in [-0.2, -0.15) is 0 Å². The molecule has 4 nitrogen and oxygen atoms in total. The predicted molar refractivity (Wildman–Crippen MR) is 86.7 cm³/mol. The molecule has 2 rings (SSSR count). The van der Waals surface area contributed by atoms with Crippen molar-refractivity contribution in [3.8, 4) is 0 Å². The Labute approximate surface area is 139 Å². The summed E-state index contributed by atoms with van der Waals surface area (Å²) in [6.07, 6.45) is 0.788. The lowest BCUT2D eigenvalue weighted by Gasteiger charge is -2.19.